The van der Waals surface area contributed by atoms with E-state index in [1.165, 1.54) is 37.7 Å². The summed E-state index contributed by atoms with van der Waals surface area (Å²) in [6.07, 6.45) is 0. The second-order valence-corrected chi connectivity index (χ2v) is 5.31. The Balaban J connectivity index is 2.33. The molecule has 0 aliphatic rings. The first-order valence-corrected chi connectivity index (χ1v) is 7.13. The number of ether oxygens (including phenoxy) is 2. The number of amides is 1. The van der Waals surface area contributed by atoms with Crippen molar-refractivity contribution in [1.29, 1.82) is 0 Å². The Morgan fingerprint density at radius 1 is 1.29 bits per heavy atom. The van der Waals surface area contributed by atoms with Crippen LogP contribution >= 0.6 is 22.9 Å². The predicted molar refractivity (Wildman–Crippen MR) is 81.6 cm³/mol. The molecule has 0 aliphatic carbocycles. The SMILES string of the molecule is COC(=O)c1cc(Cl)c(NC(=O)c2cccs2)cc1OC. The van der Waals surface area contributed by atoms with Crippen molar-refractivity contribution in [1.82, 2.24) is 0 Å². The maximum atomic E-state index is 12.0. The molecule has 0 spiro atoms. The molecule has 0 aliphatic heterocycles. The average Bonchev–Trinajstić information content (AvgIpc) is 3.02. The lowest BCUT2D eigenvalue weighted by Gasteiger charge is -2.12. The van der Waals surface area contributed by atoms with Crippen molar-refractivity contribution in [3.05, 3.63) is 45.1 Å². The summed E-state index contributed by atoms with van der Waals surface area (Å²) in [6, 6.07) is 6.37. The van der Waals surface area contributed by atoms with Gasteiger partial charge in [0.05, 0.1) is 29.8 Å². The van der Waals surface area contributed by atoms with Gasteiger partial charge in [0.15, 0.2) is 0 Å². The fourth-order valence-corrected chi connectivity index (χ4v) is 2.51. The first kappa shape index (κ1) is 15.3. The zero-order valence-electron chi connectivity index (χ0n) is 11.3. The van der Waals surface area contributed by atoms with Gasteiger partial charge in [-0.05, 0) is 17.5 Å². The Hall–Kier alpha value is -2.05. The highest BCUT2D eigenvalue weighted by molar-refractivity contribution is 7.12. The van der Waals surface area contributed by atoms with E-state index in [0.29, 0.717) is 10.6 Å². The van der Waals surface area contributed by atoms with Gasteiger partial charge < -0.3 is 14.8 Å². The second kappa shape index (κ2) is 6.60. The first-order valence-electron chi connectivity index (χ1n) is 5.87. The minimum absolute atomic E-state index is 0.194. The molecule has 0 saturated heterocycles. The maximum absolute atomic E-state index is 12.0. The molecule has 1 heterocycles. The third-order valence-electron chi connectivity index (χ3n) is 2.69. The molecule has 5 nitrogen and oxygen atoms in total. The number of anilines is 1. The average molecular weight is 326 g/mol. The molecule has 2 rings (SSSR count). The smallest absolute Gasteiger partial charge is 0.341 e. The fraction of sp³-hybridized carbons (Fsp3) is 0.143. The van der Waals surface area contributed by atoms with E-state index in [0.717, 1.165) is 0 Å². The van der Waals surface area contributed by atoms with Gasteiger partial charge in [0.25, 0.3) is 5.91 Å². The maximum Gasteiger partial charge on any atom is 0.341 e. The number of hydrogen-bond donors (Lipinski definition) is 1. The second-order valence-electron chi connectivity index (χ2n) is 3.96. The van der Waals surface area contributed by atoms with Crippen molar-refractivity contribution < 1.29 is 19.1 Å². The molecular weight excluding hydrogens is 314 g/mol. The molecule has 1 amide bonds. The summed E-state index contributed by atoms with van der Waals surface area (Å²) < 4.78 is 9.78. The van der Waals surface area contributed by atoms with Crippen LogP contribution < -0.4 is 10.1 Å². The lowest BCUT2D eigenvalue weighted by molar-refractivity contribution is 0.0597. The minimum Gasteiger partial charge on any atom is -0.496 e. The van der Waals surface area contributed by atoms with Crippen LogP contribution in [0.2, 0.25) is 5.02 Å². The number of hydrogen-bond acceptors (Lipinski definition) is 5. The highest BCUT2D eigenvalue weighted by Gasteiger charge is 2.18. The zero-order chi connectivity index (χ0) is 15.4. The molecule has 1 aromatic carbocycles. The topological polar surface area (TPSA) is 64.6 Å². The molecular formula is C14H12ClNO4S. The highest BCUT2D eigenvalue weighted by atomic mass is 35.5. The minimum atomic E-state index is -0.565. The molecule has 7 heteroatoms. The summed E-state index contributed by atoms with van der Waals surface area (Å²) in [5.41, 5.74) is 0.554. The van der Waals surface area contributed by atoms with E-state index in [2.05, 4.69) is 10.1 Å². The summed E-state index contributed by atoms with van der Waals surface area (Å²) in [4.78, 5) is 24.2. The molecule has 0 atom stereocenters. The number of halogens is 1. The number of nitrogens with one attached hydrogen (secondary N) is 1. The summed E-state index contributed by atoms with van der Waals surface area (Å²) in [5.74, 6) is -0.572. The molecule has 1 aromatic heterocycles. The van der Waals surface area contributed by atoms with Crippen LogP contribution in [0.5, 0.6) is 5.75 Å². The summed E-state index contributed by atoms with van der Waals surface area (Å²) >= 11 is 7.41. The van der Waals surface area contributed by atoms with Gasteiger partial charge in [-0.3, -0.25) is 4.79 Å². The predicted octanol–water partition coefficient (Wildman–Crippen LogP) is 3.45. The quantitative estimate of drug-likeness (QED) is 0.874. The van der Waals surface area contributed by atoms with Crippen LogP contribution in [0.3, 0.4) is 0 Å². The fourth-order valence-electron chi connectivity index (χ4n) is 1.68. The van der Waals surface area contributed by atoms with Gasteiger partial charge in [-0.25, -0.2) is 4.79 Å². The molecule has 2 aromatic rings. The van der Waals surface area contributed by atoms with Gasteiger partial charge in [-0.2, -0.15) is 0 Å². The van der Waals surface area contributed by atoms with Crippen molar-refractivity contribution in [2.75, 3.05) is 19.5 Å². The van der Waals surface area contributed by atoms with E-state index in [-0.39, 0.29) is 22.2 Å². The van der Waals surface area contributed by atoms with E-state index < -0.39 is 5.97 Å². The van der Waals surface area contributed by atoms with Gasteiger partial charge in [-0.1, -0.05) is 17.7 Å². The number of benzene rings is 1. The van der Waals surface area contributed by atoms with Crippen LogP contribution in [-0.2, 0) is 4.74 Å². The summed E-state index contributed by atoms with van der Waals surface area (Å²) in [6.45, 7) is 0. The Bertz CT molecular complexity index is 670. The third kappa shape index (κ3) is 3.34. The number of rotatable bonds is 4. The normalized spacial score (nSPS) is 10.0. The molecule has 0 unspecified atom stereocenters. The van der Waals surface area contributed by atoms with E-state index >= 15 is 0 Å². The van der Waals surface area contributed by atoms with Gasteiger partial charge >= 0.3 is 5.97 Å². The Labute approximate surface area is 130 Å². The number of thiophene rings is 1. The molecule has 0 radical (unpaired) electrons. The molecule has 0 fully saturated rings. The van der Waals surface area contributed by atoms with Crippen LogP contribution in [0.15, 0.2) is 29.6 Å². The van der Waals surface area contributed by atoms with Crippen LogP contribution in [0, 0.1) is 0 Å². The molecule has 110 valence electrons. The lowest BCUT2D eigenvalue weighted by Crippen LogP contribution is -2.12. The standard InChI is InChI=1S/C14H12ClNO4S/c1-19-11-7-10(9(15)6-8(11)14(18)20-2)16-13(17)12-4-3-5-21-12/h3-7H,1-2H3,(H,16,17). The number of carbonyl (C=O) groups is 2. The van der Waals surface area contributed by atoms with E-state index in [1.807, 2.05) is 0 Å². The zero-order valence-corrected chi connectivity index (χ0v) is 12.9. The lowest BCUT2D eigenvalue weighted by atomic mass is 10.1. The summed E-state index contributed by atoms with van der Waals surface area (Å²) in [7, 11) is 2.68. The van der Waals surface area contributed by atoms with Crippen LogP contribution in [0.25, 0.3) is 0 Å². The van der Waals surface area contributed by atoms with E-state index in [4.69, 9.17) is 16.3 Å². The summed E-state index contributed by atoms with van der Waals surface area (Å²) in [5, 5.41) is 4.71. The van der Waals surface area contributed by atoms with Crippen molar-refractivity contribution in [2.45, 2.75) is 0 Å². The molecule has 0 bridgehead atoms. The van der Waals surface area contributed by atoms with Gasteiger partial charge in [0.2, 0.25) is 0 Å². The molecule has 21 heavy (non-hydrogen) atoms. The highest BCUT2D eigenvalue weighted by Crippen LogP contribution is 2.32. The van der Waals surface area contributed by atoms with Gasteiger partial charge in [0, 0.05) is 6.07 Å². The Kier molecular flexibility index (Phi) is 4.82. The first-order chi connectivity index (χ1) is 10.1. The Morgan fingerprint density at radius 3 is 2.62 bits per heavy atom. The van der Waals surface area contributed by atoms with Crippen LogP contribution in [0.4, 0.5) is 5.69 Å². The van der Waals surface area contributed by atoms with E-state index in [1.54, 1.807) is 17.5 Å². The number of carbonyl (C=O) groups excluding carboxylic acids is 2. The largest absolute Gasteiger partial charge is 0.496 e. The number of esters is 1. The van der Waals surface area contributed by atoms with Crippen LogP contribution in [0.1, 0.15) is 20.0 Å². The van der Waals surface area contributed by atoms with Crippen molar-refractivity contribution in [2.24, 2.45) is 0 Å². The molecule has 1 N–H and O–H groups in total. The van der Waals surface area contributed by atoms with Gasteiger partial charge in [0.1, 0.15) is 11.3 Å². The monoisotopic (exact) mass is 325 g/mol. The van der Waals surface area contributed by atoms with Crippen molar-refractivity contribution in [3.8, 4) is 5.75 Å². The third-order valence-corrected chi connectivity index (χ3v) is 3.87. The van der Waals surface area contributed by atoms with Crippen molar-refractivity contribution in [3.63, 3.8) is 0 Å². The van der Waals surface area contributed by atoms with Gasteiger partial charge in [-0.15, -0.1) is 11.3 Å². The molecule has 0 saturated carbocycles. The van der Waals surface area contributed by atoms with Crippen LogP contribution in [-0.4, -0.2) is 26.1 Å². The Morgan fingerprint density at radius 2 is 2.05 bits per heavy atom. The van der Waals surface area contributed by atoms with Crippen molar-refractivity contribution >= 4 is 40.5 Å². The number of methoxy groups -OCH3 is 2. The van der Waals surface area contributed by atoms with E-state index in [9.17, 15) is 9.59 Å².